The van der Waals surface area contributed by atoms with Crippen LogP contribution < -0.4 is 5.32 Å². The second-order valence-electron chi connectivity index (χ2n) is 6.71. The summed E-state index contributed by atoms with van der Waals surface area (Å²) in [5.74, 6) is -0.311. The molecule has 1 saturated heterocycles. The van der Waals surface area contributed by atoms with Crippen molar-refractivity contribution in [3.8, 4) is 0 Å². The number of nitrogens with zero attached hydrogens (tertiary/aromatic N) is 2. The number of nitrogens with one attached hydrogen (secondary N) is 1. The largest absolute Gasteiger partial charge is 0.325 e. The molecule has 26 heavy (non-hydrogen) atoms. The maximum Gasteiger partial charge on any atom is 0.238 e. The lowest BCUT2D eigenvalue weighted by Crippen LogP contribution is -2.48. The second kappa shape index (κ2) is 8.62. The molecule has 0 spiro atoms. The van der Waals surface area contributed by atoms with Gasteiger partial charge in [0.1, 0.15) is 5.82 Å². The number of carbonyl (C=O) groups excluding carboxylic acids is 1. The van der Waals surface area contributed by atoms with Crippen molar-refractivity contribution in [3.05, 3.63) is 64.4 Å². The van der Waals surface area contributed by atoms with Crippen LogP contribution in [-0.4, -0.2) is 48.4 Å². The van der Waals surface area contributed by atoms with Crippen LogP contribution in [0.5, 0.6) is 0 Å². The van der Waals surface area contributed by atoms with Crippen LogP contribution in [0.25, 0.3) is 0 Å². The first-order valence-corrected chi connectivity index (χ1v) is 9.12. The first-order chi connectivity index (χ1) is 12.5. The van der Waals surface area contributed by atoms with E-state index in [9.17, 15) is 9.18 Å². The highest BCUT2D eigenvalue weighted by Gasteiger charge is 2.19. The molecule has 2 aromatic rings. The number of aryl methyl sites for hydroxylation is 1. The van der Waals surface area contributed by atoms with Gasteiger partial charge in [0, 0.05) is 43.4 Å². The molecule has 1 fully saturated rings. The smallest absolute Gasteiger partial charge is 0.238 e. The first kappa shape index (κ1) is 18.8. The molecule has 1 amide bonds. The Kier molecular flexibility index (Phi) is 6.25. The molecule has 1 aliphatic heterocycles. The van der Waals surface area contributed by atoms with Gasteiger partial charge < -0.3 is 5.32 Å². The van der Waals surface area contributed by atoms with Gasteiger partial charge in [-0.2, -0.15) is 0 Å². The number of anilines is 1. The lowest BCUT2D eigenvalue weighted by atomic mass is 10.2. The van der Waals surface area contributed by atoms with E-state index in [-0.39, 0.29) is 11.7 Å². The number of hydrogen-bond acceptors (Lipinski definition) is 3. The molecule has 4 nitrogen and oxygen atoms in total. The maximum absolute atomic E-state index is 13.1. The zero-order chi connectivity index (χ0) is 18.5. The van der Waals surface area contributed by atoms with Crippen molar-refractivity contribution >= 4 is 23.2 Å². The quantitative estimate of drug-likeness (QED) is 0.868. The minimum absolute atomic E-state index is 0.00521. The third kappa shape index (κ3) is 5.27. The molecule has 0 radical (unpaired) electrons. The summed E-state index contributed by atoms with van der Waals surface area (Å²) in [6, 6.07) is 12.3. The number of benzene rings is 2. The van der Waals surface area contributed by atoms with Crippen LogP contribution in [0.2, 0.25) is 5.02 Å². The van der Waals surface area contributed by atoms with E-state index in [1.54, 1.807) is 6.07 Å². The highest BCUT2D eigenvalue weighted by Crippen LogP contribution is 2.19. The lowest BCUT2D eigenvalue weighted by molar-refractivity contribution is -0.117. The number of halogens is 2. The van der Waals surface area contributed by atoms with E-state index in [0.717, 1.165) is 43.0 Å². The average Bonchev–Trinajstić information content (AvgIpc) is 2.59. The van der Waals surface area contributed by atoms with E-state index in [4.69, 9.17) is 11.6 Å². The minimum atomic E-state index is -0.316. The summed E-state index contributed by atoms with van der Waals surface area (Å²) in [5.41, 5.74) is 2.88. The third-order valence-corrected chi connectivity index (χ3v) is 4.89. The van der Waals surface area contributed by atoms with E-state index in [0.29, 0.717) is 18.1 Å². The molecule has 1 heterocycles. The second-order valence-corrected chi connectivity index (χ2v) is 7.11. The maximum atomic E-state index is 13.1. The van der Waals surface area contributed by atoms with Crippen LogP contribution in [0.15, 0.2) is 42.5 Å². The fraction of sp³-hybridized carbons (Fsp3) is 0.350. The number of hydrogen-bond donors (Lipinski definition) is 1. The first-order valence-electron chi connectivity index (χ1n) is 8.75. The zero-order valence-corrected chi connectivity index (χ0v) is 15.6. The number of rotatable bonds is 5. The van der Waals surface area contributed by atoms with Gasteiger partial charge >= 0.3 is 0 Å². The topological polar surface area (TPSA) is 35.6 Å². The zero-order valence-electron chi connectivity index (χ0n) is 14.8. The van der Waals surface area contributed by atoms with Gasteiger partial charge in [-0.15, -0.1) is 0 Å². The molecule has 138 valence electrons. The summed E-state index contributed by atoms with van der Waals surface area (Å²) in [5, 5.41) is 3.41. The molecule has 0 aliphatic carbocycles. The summed E-state index contributed by atoms with van der Waals surface area (Å²) in [7, 11) is 0. The Labute approximate surface area is 158 Å². The number of amides is 1. The van der Waals surface area contributed by atoms with Gasteiger partial charge in [0.25, 0.3) is 0 Å². The molecule has 1 aliphatic rings. The summed E-state index contributed by atoms with van der Waals surface area (Å²) >= 11 is 6.10. The number of carbonyl (C=O) groups is 1. The molecule has 0 unspecified atom stereocenters. The molecule has 3 rings (SSSR count). The van der Waals surface area contributed by atoms with Gasteiger partial charge in [0.05, 0.1) is 6.54 Å². The summed E-state index contributed by atoms with van der Waals surface area (Å²) < 4.78 is 13.1. The van der Waals surface area contributed by atoms with Crippen molar-refractivity contribution in [1.29, 1.82) is 0 Å². The predicted molar refractivity (Wildman–Crippen MR) is 103 cm³/mol. The van der Waals surface area contributed by atoms with Crippen LogP contribution in [0, 0.1) is 12.7 Å². The van der Waals surface area contributed by atoms with Crippen LogP contribution >= 0.6 is 11.6 Å². The van der Waals surface area contributed by atoms with Crippen LogP contribution in [0.4, 0.5) is 10.1 Å². The van der Waals surface area contributed by atoms with Crippen LogP contribution in [0.1, 0.15) is 11.1 Å². The van der Waals surface area contributed by atoms with E-state index >= 15 is 0 Å². The fourth-order valence-corrected chi connectivity index (χ4v) is 3.35. The van der Waals surface area contributed by atoms with Crippen molar-refractivity contribution in [3.63, 3.8) is 0 Å². The standard InChI is InChI=1S/C20H23ClFN3O/c1-15-3-2-4-18(11-15)23-20(26)14-25-9-7-24(8-10-25)13-16-5-6-17(22)12-19(16)21/h2-6,11-12H,7-10,13-14H2,1H3,(H,23,26). The van der Waals surface area contributed by atoms with Crippen molar-refractivity contribution in [2.45, 2.75) is 13.5 Å². The Morgan fingerprint density at radius 2 is 1.85 bits per heavy atom. The molecule has 0 atom stereocenters. The highest BCUT2D eigenvalue weighted by molar-refractivity contribution is 6.31. The van der Waals surface area contributed by atoms with Gasteiger partial charge in [-0.3, -0.25) is 14.6 Å². The Bertz CT molecular complexity index is 775. The van der Waals surface area contributed by atoms with Gasteiger partial charge in [0.15, 0.2) is 0 Å². The molecule has 0 aromatic heterocycles. The van der Waals surface area contributed by atoms with E-state index in [1.165, 1.54) is 12.1 Å². The Morgan fingerprint density at radius 1 is 1.12 bits per heavy atom. The van der Waals surface area contributed by atoms with E-state index in [1.807, 2.05) is 31.2 Å². The average molecular weight is 376 g/mol. The fourth-order valence-electron chi connectivity index (χ4n) is 3.12. The molecule has 0 saturated carbocycles. The molecule has 2 aromatic carbocycles. The van der Waals surface area contributed by atoms with Crippen molar-refractivity contribution in [2.24, 2.45) is 0 Å². The molecule has 1 N–H and O–H groups in total. The SMILES string of the molecule is Cc1cccc(NC(=O)CN2CCN(Cc3ccc(F)cc3Cl)CC2)c1. The minimum Gasteiger partial charge on any atom is -0.325 e. The van der Waals surface area contributed by atoms with E-state index < -0.39 is 0 Å². The molecular weight excluding hydrogens is 353 g/mol. The summed E-state index contributed by atoms with van der Waals surface area (Å²) in [6.45, 7) is 6.43. The van der Waals surface area contributed by atoms with Gasteiger partial charge in [-0.05, 0) is 42.3 Å². The Hall–Kier alpha value is -1.95. The predicted octanol–water partition coefficient (Wildman–Crippen LogP) is 3.54. The number of piperazine rings is 1. The van der Waals surface area contributed by atoms with Gasteiger partial charge in [-0.25, -0.2) is 4.39 Å². The Morgan fingerprint density at radius 3 is 2.54 bits per heavy atom. The normalized spacial score (nSPS) is 15.8. The third-order valence-electron chi connectivity index (χ3n) is 4.54. The van der Waals surface area contributed by atoms with Gasteiger partial charge in [-0.1, -0.05) is 29.8 Å². The molecule has 0 bridgehead atoms. The van der Waals surface area contributed by atoms with Gasteiger partial charge in [0.2, 0.25) is 5.91 Å². The van der Waals surface area contributed by atoms with Crippen LogP contribution in [0.3, 0.4) is 0 Å². The van der Waals surface area contributed by atoms with Crippen LogP contribution in [-0.2, 0) is 11.3 Å². The van der Waals surface area contributed by atoms with Crippen molar-refractivity contribution < 1.29 is 9.18 Å². The van der Waals surface area contributed by atoms with Crippen molar-refractivity contribution in [2.75, 3.05) is 38.0 Å². The van der Waals surface area contributed by atoms with E-state index in [2.05, 4.69) is 15.1 Å². The molecule has 6 heteroatoms. The van der Waals surface area contributed by atoms with Crippen molar-refractivity contribution in [1.82, 2.24) is 9.80 Å². The molecular formula is C20H23ClFN3O. The summed E-state index contributed by atoms with van der Waals surface area (Å²) in [6.07, 6.45) is 0. The highest BCUT2D eigenvalue weighted by atomic mass is 35.5. The monoisotopic (exact) mass is 375 g/mol. The Balaban J connectivity index is 1.45. The summed E-state index contributed by atoms with van der Waals surface area (Å²) in [4.78, 5) is 16.6. The lowest BCUT2D eigenvalue weighted by Gasteiger charge is -2.34.